The fourth-order valence-corrected chi connectivity index (χ4v) is 2.10. The van der Waals surface area contributed by atoms with E-state index < -0.39 is 6.10 Å². The zero-order valence-electron chi connectivity index (χ0n) is 9.52. The molecule has 0 fully saturated rings. The first-order valence-electron chi connectivity index (χ1n) is 5.37. The van der Waals surface area contributed by atoms with Gasteiger partial charge in [-0.1, -0.05) is 35.9 Å². The molecule has 0 aliphatic heterocycles. The lowest BCUT2D eigenvalue weighted by Gasteiger charge is -2.14. The van der Waals surface area contributed by atoms with Gasteiger partial charge in [0.2, 0.25) is 0 Å². The lowest BCUT2D eigenvalue weighted by atomic mass is 10.00. The molecule has 17 heavy (non-hydrogen) atoms. The summed E-state index contributed by atoms with van der Waals surface area (Å²) < 4.78 is 0. The molecule has 0 radical (unpaired) electrons. The molecule has 0 aliphatic rings. The molecule has 3 heteroatoms. The molecule has 3 N–H and O–H groups in total. The highest BCUT2D eigenvalue weighted by atomic mass is 35.5. The van der Waals surface area contributed by atoms with Crippen molar-refractivity contribution in [2.75, 3.05) is 5.73 Å². The second-order valence-corrected chi connectivity index (χ2v) is 4.50. The molecule has 2 nitrogen and oxygen atoms in total. The summed E-state index contributed by atoms with van der Waals surface area (Å²) in [6.07, 6.45) is -0.744. The minimum absolute atomic E-state index is 0.569. The maximum absolute atomic E-state index is 10.2. The summed E-state index contributed by atoms with van der Waals surface area (Å²) in [5, 5.41) is 10.8. The number of halogens is 1. The Labute approximate surface area is 106 Å². The Morgan fingerprint density at radius 3 is 2.59 bits per heavy atom. The minimum Gasteiger partial charge on any atom is -0.399 e. The highest BCUT2D eigenvalue weighted by Gasteiger charge is 2.13. The van der Waals surface area contributed by atoms with Crippen molar-refractivity contribution in [3.8, 4) is 0 Å². The van der Waals surface area contributed by atoms with Crippen LogP contribution in [-0.2, 0) is 0 Å². The van der Waals surface area contributed by atoms with Crippen LogP contribution in [0, 0.1) is 6.92 Å². The van der Waals surface area contributed by atoms with Crippen LogP contribution >= 0.6 is 11.6 Å². The van der Waals surface area contributed by atoms with Gasteiger partial charge in [0.15, 0.2) is 0 Å². The second kappa shape index (κ2) is 4.78. The lowest BCUT2D eigenvalue weighted by molar-refractivity contribution is 0.220. The third-order valence-electron chi connectivity index (χ3n) is 2.68. The molecule has 0 aliphatic carbocycles. The summed E-state index contributed by atoms with van der Waals surface area (Å²) >= 11 is 6.12. The van der Waals surface area contributed by atoms with E-state index in [0.717, 1.165) is 11.1 Å². The molecule has 0 spiro atoms. The Morgan fingerprint density at radius 1 is 1.18 bits per heavy atom. The van der Waals surface area contributed by atoms with Gasteiger partial charge >= 0.3 is 0 Å². The van der Waals surface area contributed by atoms with Crippen LogP contribution in [0.3, 0.4) is 0 Å². The second-order valence-electron chi connectivity index (χ2n) is 4.10. The van der Waals surface area contributed by atoms with Gasteiger partial charge in [0.1, 0.15) is 6.10 Å². The molecule has 2 aromatic carbocycles. The fraction of sp³-hybridized carbons (Fsp3) is 0.143. The number of aliphatic hydroxyl groups excluding tert-OH is 1. The van der Waals surface area contributed by atoms with Crippen LogP contribution in [0.2, 0.25) is 5.02 Å². The smallest absolute Gasteiger partial charge is 0.106 e. The number of hydrogen-bond acceptors (Lipinski definition) is 2. The van der Waals surface area contributed by atoms with Gasteiger partial charge in [0, 0.05) is 16.3 Å². The molecule has 2 aromatic rings. The Bertz CT molecular complexity index is 539. The van der Waals surface area contributed by atoms with Crippen molar-refractivity contribution < 1.29 is 5.11 Å². The van der Waals surface area contributed by atoms with Crippen LogP contribution in [0.4, 0.5) is 5.69 Å². The topological polar surface area (TPSA) is 46.2 Å². The summed E-state index contributed by atoms with van der Waals surface area (Å²) in [4.78, 5) is 0. The predicted octanol–water partition coefficient (Wildman–Crippen LogP) is 3.31. The quantitative estimate of drug-likeness (QED) is 0.800. The molecule has 0 amide bonds. The number of aliphatic hydroxyl groups is 1. The highest BCUT2D eigenvalue weighted by Crippen LogP contribution is 2.29. The maximum atomic E-state index is 10.2. The van der Waals surface area contributed by atoms with Crippen LogP contribution in [0.1, 0.15) is 22.8 Å². The molecule has 1 atom stereocenters. The van der Waals surface area contributed by atoms with Gasteiger partial charge in [-0.3, -0.25) is 0 Å². The van der Waals surface area contributed by atoms with Gasteiger partial charge in [-0.25, -0.2) is 0 Å². The lowest BCUT2D eigenvalue weighted by Crippen LogP contribution is -2.01. The Hall–Kier alpha value is -1.51. The number of benzene rings is 2. The maximum Gasteiger partial charge on any atom is 0.106 e. The van der Waals surface area contributed by atoms with Crippen LogP contribution in [0.5, 0.6) is 0 Å². The molecule has 0 heterocycles. The van der Waals surface area contributed by atoms with Crippen molar-refractivity contribution in [3.05, 3.63) is 64.2 Å². The highest BCUT2D eigenvalue weighted by molar-refractivity contribution is 6.31. The normalized spacial score (nSPS) is 12.4. The molecule has 0 bridgehead atoms. The van der Waals surface area contributed by atoms with Crippen molar-refractivity contribution in [1.82, 2.24) is 0 Å². The predicted molar refractivity (Wildman–Crippen MR) is 71.1 cm³/mol. The average molecular weight is 248 g/mol. The van der Waals surface area contributed by atoms with Crippen LogP contribution in [-0.4, -0.2) is 5.11 Å². The fourth-order valence-electron chi connectivity index (χ4n) is 1.76. The zero-order valence-corrected chi connectivity index (χ0v) is 10.3. The van der Waals surface area contributed by atoms with Gasteiger partial charge < -0.3 is 10.8 Å². The van der Waals surface area contributed by atoms with Crippen molar-refractivity contribution >= 4 is 17.3 Å². The van der Waals surface area contributed by atoms with E-state index in [4.69, 9.17) is 17.3 Å². The first-order valence-corrected chi connectivity index (χ1v) is 5.75. The van der Waals surface area contributed by atoms with E-state index in [-0.39, 0.29) is 0 Å². The number of nitrogen functional groups attached to an aromatic ring is 1. The van der Waals surface area contributed by atoms with Crippen LogP contribution in [0.25, 0.3) is 0 Å². The largest absolute Gasteiger partial charge is 0.399 e. The van der Waals surface area contributed by atoms with Crippen molar-refractivity contribution in [1.29, 1.82) is 0 Å². The Kier molecular flexibility index (Phi) is 3.36. The van der Waals surface area contributed by atoms with Gasteiger partial charge in [0.05, 0.1) is 0 Å². The van der Waals surface area contributed by atoms with Crippen molar-refractivity contribution in [3.63, 3.8) is 0 Å². The molecular weight excluding hydrogens is 234 g/mol. The van der Waals surface area contributed by atoms with Gasteiger partial charge in [-0.2, -0.15) is 0 Å². The monoisotopic (exact) mass is 247 g/mol. The standard InChI is InChI=1S/C14H14ClNO/c1-9-5-6-12(13(15)7-9)14(17)10-3-2-4-11(16)8-10/h2-8,14,17H,16H2,1H3. The van der Waals surface area contributed by atoms with E-state index in [1.54, 1.807) is 12.1 Å². The molecule has 2 rings (SSSR count). The average Bonchev–Trinajstić information content (AvgIpc) is 2.28. The summed E-state index contributed by atoms with van der Waals surface area (Å²) in [5.41, 5.74) is 8.83. The number of aryl methyl sites for hydroxylation is 1. The number of rotatable bonds is 2. The van der Waals surface area contributed by atoms with Gasteiger partial charge in [-0.15, -0.1) is 0 Å². The van der Waals surface area contributed by atoms with E-state index in [1.165, 1.54) is 0 Å². The van der Waals surface area contributed by atoms with Crippen molar-refractivity contribution in [2.24, 2.45) is 0 Å². The van der Waals surface area contributed by atoms with E-state index in [2.05, 4.69) is 0 Å². The van der Waals surface area contributed by atoms with E-state index in [9.17, 15) is 5.11 Å². The van der Waals surface area contributed by atoms with E-state index in [0.29, 0.717) is 16.3 Å². The van der Waals surface area contributed by atoms with Crippen LogP contribution < -0.4 is 5.73 Å². The Balaban J connectivity index is 2.40. The van der Waals surface area contributed by atoms with E-state index >= 15 is 0 Å². The van der Waals surface area contributed by atoms with Gasteiger partial charge in [0.25, 0.3) is 0 Å². The molecule has 88 valence electrons. The minimum atomic E-state index is -0.744. The first-order chi connectivity index (χ1) is 8.08. The summed E-state index contributed by atoms with van der Waals surface area (Å²) in [5.74, 6) is 0. The molecule has 0 saturated heterocycles. The third-order valence-corrected chi connectivity index (χ3v) is 3.00. The number of hydrogen-bond donors (Lipinski definition) is 2. The summed E-state index contributed by atoms with van der Waals surface area (Å²) in [6.45, 7) is 1.96. The first kappa shape index (κ1) is 12.0. The number of nitrogens with two attached hydrogens (primary N) is 1. The van der Waals surface area contributed by atoms with E-state index in [1.807, 2.05) is 37.3 Å². The number of anilines is 1. The third kappa shape index (κ3) is 2.60. The van der Waals surface area contributed by atoms with Crippen molar-refractivity contribution in [2.45, 2.75) is 13.0 Å². The van der Waals surface area contributed by atoms with Crippen LogP contribution in [0.15, 0.2) is 42.5 Å². The summed E-state index contributed by atoms with van der Waals surface area (Å²) in [6, 6.07) is 12.8. The molecule has 0 aromatic heterocycles. The SMILES string of the molecule is Cc1ccc(C(O)c2cccc(N)c2)c(Cl)c1. The van der Waals surface area contributed by atoms with Gasteiger partial charge in [-0.05, 0) is 36.2 Å². The molecular formula is C14H14ClNO. The summed E-state index contributed by atoms with van der Waals surface area (Å²) in [7, 11) is 0. The molecule has 0 saturated carbocycles. The Morgan fingerprint density at radius 2 is 1.94 bits per heavy atom. The molecule has 1 unspecified atom stereocenters. The zero-order chi connectivity index (χ0) is 12.4.